The van der Waals surface area contributed by atoms with Crippen LogP contribution in [0.3, 0.4) is 0 Å². The Kier molecular flexibility index (Phi) is 5.46. The molecule has 31 heavy (non-hydrogen) atoms. The summed E-state index contributed by atoms with van der Waals surface area (Å²) in [5.74, 6) is -0.199. The van der Waals surface area contributed by atoms with Crippen molar-refractivity contribution in [2.75, 3.05) is 19.5 Å². The van der Waals surface area contributed by atoms with Crippen LogP contribution < -0.4 is 10.6 Å². The number of anilines is 1. The quantitative estimate of drug-likeness (QED) is 0.493. The summed E-state index contributed by atoms with van der Waals surface area (Å²) in [4.78, 5) is 34.1. The van der Waals surface area contributed by atoms with E-state index in [0.717, 1.165) is 17.0 Å². The molecule has 0 unspecified atom stereocenters. The molecule has 0 saturated heterocycles. The first-order valence-corrected chi connectivity index (χ1v) is 9.50. The number of nitrogens with one attached hydrogen (secondary N) is 2. The highest BCUT2D eigenvalue weighted by Crippen LogP contribution is 2.21. The SMILES string of the molecule is CNC(=O)c1cnn(C)c1C(=O)Nc1cc(COC)n2cc(-c3ccccc3)nc2n1. The second kappa shape index (κ2) is 8.36. The van der Waals surface area contributed by atoms with Crippen molar-refractivity contribution in [1.82, 2.24) is 29.5 Å². The zero-order valence-corrected chi connectivity index (χ0v) is 17.3. The fraction of sp³-hybridized carbons (Fsp3) is 0.190. The molecule has 10 heteroatoms. The van der Waals surface area contributed by atoms with Crippen molar-refractivity contribution in [3.05, 3.63) is 65.7 Å². The van der Waals surface area contributed by atoms with Crippen LogP contribution in [0.2, 0.25) is 0 Å². The van der Waals surface area contributed by atoms with Gasteiger partial charge in [-0.1, -0.05) is 30.3 Å². The summed E-state index contributed by atoms with van der Waals surface area (Å²) >= 11 is 0. The first-order chi connectivity index (χ1) is 15.0. The molecule has 0 aliphatic heterocycles. The molecule has 2 amide bonds. The molecule has 0 spiro atoms. The number of aryl methyl sites for hydroxylation is 1. The monoisotopic (exact) mass is 419 g/mol. The van der Waals surface area contributed by atoms with Gasteiger partial charge >= 0.3 is 0 Å². The molecular weight excluding hydrogens is 398 g/mol. The minimum Gasteiger partial charge on any atom is -0.378 e. The minimum atomic E-state index is -0.506. The molecule has 3 heterocycles. The number of nitrogens with zero attached hydrogens (tertiary/aromatic N) is 5. The number of benzene rings is 1. The third kappa shape index (κ3) is 3.88. The van der Waals surface area contributed by atoms with Crippen molar-refractivity contribution >= 4 is 23.4 Å². The Balaban J connectivity index is 1.72. The van der Waals surface area contributed by atoms with Crippen molar-refractivity contribution in [2.45, 2.75) is 6.61 Å². The largest absolute Gasteiger partial charge is 0.378 e. The van der Waals surface area contributed by atoms with Gasteiger partial charge in [0, 0.05) is 39.0 Å². The molecule has 0 aliphatic carbocycles. The van der Waals surface area contributed by atoms with Gasteiger partial charge in [0.15, 0.2) is 0 Å². The second-order valence-electron chi connectivity index (χ2n) is 6.79. The Morgan fingerprint density at radius 2 is 1.90 bits per heavy atom. The maximum Gasteiger partial charge on any atom is 0.275 e. The van der Waals surface area contributed by atoms with Gasteiger partial charge in [0.05, 0.1) is 29.8 Å². The van der Waals surface area contributed by atoms with E-state index in [9.17, 15) is 9.59 Å². The number of carbonyl (C=O) groups excluding carboxylic acids is 2. The Bertz CT molecular complexity index is 1260. The fourth-order valence-corrected chi connectivity index (χ4v) is 3.28. The molecule has 3 aromatic heterocycles. The number of amides is 2. The van der Waals surface area contributed by atoms with Crippen molar-refractivity contribution in [1.29, 1.82) is 0 Å². The molecule has 0 saturated carbocycles. The number of fused-ring (bicyclic) bond motifs is 1. The van der Waals surface area contributed by atoms with Gasteiger partial charge in [0.2, 0.25) is 5.78 Å². The Hall–Kier alpha value is -4.05. The zero-order valence-electron chi connectivity index (χ0n) is 17.3. The van der Waals surface area contributed by atoms with Crippen molar-refractivity contribution < 1.29 is 14.3 Å². The topological polar surface area (TPSA) is 115 Å². The number of hydrogen-bond acceptors (Lipinski definition) is 6. The first kappa shape index (κ1) is 20.2. The van der Waals surface area contributed by atoms with Gasteiger partial charge < -0.3 is 15.4 Å². The number of rotatable bonds is 6. The Morgan fingerprint density at radius 1 is 1.13 bits per heavy atom. The minimum absolute atomic E-state index is 0.127. The molecule has 1 aromatic carbocycles. The first-order valence-electron chi connectivity index (χ1n) is 9.50. The summed E-state index contributed by atoms with van der Waals surface area (Å²) in [5, 5.41) is 9.27. The summed E-state index contributed by atoms with van der Waals surface area (Å²) in [7, 11) is 4.67. The molecule has 10 nitrogen and oxygen atoms in total. The summed E-state index contributed by atoms with van der Waals surface area (Å²) in [6.07, 6.45) is 3.23. The number of imidazole rings is 1. The van der Waals surface area contributed by atoms with E-state index in [1.54, 1.807) is 20.2 Å². The lowest BCUT2D eigenvalue weighted by atomic mass is 10.2. The van der Waals surface area contributed by atoms with Crippen LogP contribution in [0, 0.1) is 0 Å². The summed E-state index contributed by atoms with van der Waals surface area (Å²) < 4.78 is 8.48. The average molecular weight is 419 g/mol. The normalized spacial score (nSPS) is 10.9. The van der Waals surface area contributed by atoms with Crippen LogP contribution in [0.5, 0.6) is 0 Å². The lowest BCUT2D eigenvalue weighted by Gasteiger charge is -2.10. The number of ether oxygens (including phenoxy) is 1. The van der Waals surface area contributed by atoms with E-state index in [-0.39, 0.29) is 11.3 Å². The molecule has 0 atom stereocenters. The number of aromatic nitrogens is 5. The van der Waals surface area contributed by atoms with Gasteiger partial charge in [-0.25, -0.2) is 4.98 Å². The smallest absolute Gasteiger partial charge is 0.275 e. The number of carbonyl (C=O) groups is 2. The number of hydrogen-bond donors (Lipinski definition) is 2. The Labute approximate surface area is 177 Å². The van der Waals surface area contributed by atoms with Crippen LogP contribution in [-0.4, -0.2) is 50.1 Å². The molecule has 4 rings (SSSR count). The highest BCUT2D eigenvalue weighted by Gasteiger charge is 2.22. The second-order valence-corrected chi connectivity index (χ2v) is 6.79. The maximum absolute atomic E-state index is 12.9. The molecule has 2 N–H and O–H groups in total. The third-order valence-electron chi connectivity index (χ3n) is 4.75. The lowest BCUT2D eigenvalue weighted by Crippen LogP contribution is -2.24. The van der Waals surface area contributed by atoms with Crippen LogP contribution in [0.15, 0.2) is 48.8 Å². The standard InChI is InChI=1S/C21H21N7O3/c1-22-19(29)15-10-23-27(2)18(15)20(30)25-17-9-14(12-31-3)28-11-16(24-21(28)26-17)13-7-5-4-6-8-13/h4-11H,12H2,1-3H3,(H,22,29)(H,24,25,26,30). The summed E-state index contributed by atoms with van der Waals surface area (Å²) in [6.45, 7) is 0.293. The van der Waals surface area contributed by atoms with E-state index >= 15 is 0 Å². The fourth-order valence-electron chi connectivity index (χ4n) is 3.28. The van der Waals surface area contributed by atoms with Gasteiger partial charge in [-0.15, -0.1) is 0 Å². The van der Waals surface area contributed by atoms with Crippen LogP contribution in [0.1, 0.15) is 26.5 Å². The molecule has 0 aliphatic rings. The summed E-state index contributed by atoms with van der Waals surface area (Å²) in [6, 6.07) is 11.4. The molecule has 158 valence electrons. The van der Waals surface area contributed by atoms with Gasteiger partial charge in [-0.3, -0.25) is 18.7 Å². The highest BCUT2D eigenvalue weighted by atomic mass is 16.5. The average Bonchev–Trinajstić information content (AvgIpc) is 3.38. The Morgan fingerprint density at radius 3 is 2.61 bits per heavy atom. The van der Waals surface area contributed by atoms with Gasteiger partial charge in [0.25, 0.3) is 11.8 Å². The highest BCUT2D eigenvalue weighted by molar-refractivity contribution is 6.10. The zero-order chi connectivity index (χ0) is 22.0. The van der Waals surface area contributed by atoms with Gasteiger partial charge in [-0.05, 0) is 0 Å². The molecular formula is C21H21N7O3. The van der Waals surface area contributed by atoms with Crippen LogP contribution in [-0.2, 0) is 18.4 Å². The molecule has 0 radical (unpaired) electrons. The van der Waals surface area contributed by atoms with Crippen molar-refractivity contribution in [2.24, 2.45) is 7.05 Å². The van der Waals surface area contributed by atoms with E-state index in [4.69, 9.17) is 4.74 Å². The number of methoxy groups -OCH3 is 1. The van der Waals surface area contributed by atoms with Gasteiger partial charge in [-0.2, -0.15) is 10.1 Å². The molecule has 0 bridgehead atoms. The third-order valence-corrected chi connectivity index (χ3v) is 4.75. The predicted molar refractivity (Wildman–Crippen MR) is 114 cm³/mol. The molecule has 0 fully saturated rings. The van der Waals surface area contributed by atoms with Crippen molar-refractivity contribution in [3.63, 3.8) is 0 Å². The van der Waals surface area contributed by atoms with Gasteiger partial charge in [0.1, 0.15) is 11.5 Å². The van der Waals surface area contributed by atoms with E-state index < -0.39 is 11.8 Å². The van der Waals surface area contributed by atoms with E-state index in [1.807, 2.05) is 40.9 Å². The van der Waals surface area contributed by atoms with E-state index in [0.29, 0.717) is 18.2 Å². The maximum atomic E-state index is 12.9. The predicted octanol–water partition coefficient (Wildman–Crippen LogP) is 1.89. The van der Waals surface area contributed by atoms with Crippen molar-refractivity contribution in [3.8, 4) is 11.3 Å². The van der Waals surface area contributed by atoms with E-state index in [2.05, 4.69) is 25.7 Å². The van der Waals surface area contributed by atoms with Crippen LogP contribution >= 0.6 is 0 Å². The lowest BCUT2D eigenvalue weighted by molar-refractivity contribution is 0.0946. The van der Waals surface area contributed by atoms with E-state index in [1.165, 1.54) is 17.9 Å². The molecule has 4 aromatic rings. The summed E-state index contributed by atoms with van der Waals surface area (Å²) in [5.41, 5.74) is 2.76. The van der Waals surface area contributed by atoms with Crippen LogP contribution in [0.25, 0.3) is 17.0 Å². The van der Waals surface area contributed by atoms with Crippen LogP contribution in [0.4, 0.5) is 5.82 Å².